The standard InChI is InChI=1S/C20H26ClN3O4S2/c1-14(25)28-17-13-27-20(19-16(17)9-18(21)29-19)3-5-23(6-4-20)11-15-10-22-24(12-15)7-8-30(2)26/h9-10,12,17H,3-8,11,13H2,1-2H3. The summed E-state index contributed by atoms with van der Waals surface area (Å²) in [5.74, 6) is 0.304. The number of halogens is 1. The molecule has 2 atom stereocenters. The quantitative estimate of drug-likeness (QED) is 0.603. The molecule has 2 aromatic heterocycles. The predicted octanol–water partition coefficient (Wildman–Crippen LogP) is 3.10. The van der Waals surface area contributed by atoms with Gasteiger partial charge in [-0.15, -0.1) is 11.3 Å². The third-order valence-corrected chi connectivity index (χ3v) is 7.90. The first kappa shape index (κ1) is 22.0. The minimum absolute atomic E-state index is 0.312. The fourth-order valence-electron chi connectivity index (χ4n) is 4.19. The number of aryl methyl sites for hydroxylation is 1. The fourth-order valence-corrected chi connectivity index (χ4v) is 6.12. The number of esters is 1. The van der Waals surface area contributed by atoms with Crippen LogP contribution in [0.1, 0.15) is 41.9 Å². The summed E-state index contributed by atoms with van der Waals surface area (Å²) in [6.45, 7) is 5.09. The molecule has 10 heteroatoms. The highest BCUT2D eigenvalue weighted by Crippen LogP contribution is 2.49. The molecule has 30 heavy (non-hydrogen) atoms. The zero-order valence-corrected chi connectivity index (χ0v) is 19.5. The van der Waals surface area contributed by atoms with E-state index < -0.39 is 10.8 Å². The van der Waals surface area contributed by atoms with Gasteiger partial charge < -0.3 is 9.47 Å². The molecule has 4 heterocycles. The molecule has 0 radical (unpaired) electrons. The van der Waals surface area contributed by atoms with Crippen LogP contribution in [-0.4, -0.2) is 56.6 Å². The lowest BCUT2D eigenvalue weighted by Crippen LogP contribution is -2.46. The Morgan fingerprint density at radius 1 is 1.47 bits per heavy atom. The Labute approximate surface area is 187 Å². The molecule has 0 bridgehead atoms. The Morgan fingerprint density at radius 2 is 2.23 bits per heavy atom. The van der Waals surface area contributed by atoms with E-state index >= 15 is 0 Å². The Kier molecular flexibility index (Phi) is 6.64. The molecule has 4 rings (SSSR count). The van der Waals surface area contributed by atoms with Crippen molar-refractivity contribution in [1.29, 1.82) is 0 Å². The minimum Gasteiger partial charge on any atom is -0.455 e. The van der Waals surface area contributed by atoms with Crippen LogP contribution in [0.2, 0.25) is 4.34 Å². The van der Waals surface area contributed by atoms with Crippen LogP contribution in [0.3, 0.4) is 0 Å². The molecule has 0 aliphatic carbocycles. The van der Waals surface area contributed by atoms with Crippen molar-refractivity contribution < 1.29 is 18.5 Å². The molecule has 2 unspecified atom stereocenters. The zero-order valence-electron chi connectivity index (χ0n) is 17.1. The second kappa shape index (κ2) is 9.08. The number of nitrogens with zero attached hydrogens (tertiary/aromatic N) is 3. The van der Waals surface area contributed by atoms with Gasteiger partial charge in [-0.3, -0.25) is 18.6 Å². The highest BCUT2D eigenvalue weighted by Gasteiger charge is 2.45. The molecular formula is C20H26ClN3O4S2. The predicted molar refractivity (Wildman–Crippen MR) is 117 cm³/mol. The molecule has 1 spiro atoms. The van der Waals surface area contributed by atoms with Crippen molar-refractivity contribution in [3.8, 4) is 0 Å². The van der Waals surface area contributed by atoms with Gasteiger partial charge in [-0.1, -0.05) is 11.6 Å². The first-order valence-electron chi connectivity index (χ1n) is 9.99. The van der Waals surface area contributed by atoms with E-state index in [1.54, 1.807) is 6.26 Å². The molecule has 1 saturated heterocycles. The maximum Gasteiger partial charge on any atom is 0.303 e. The van der Waals surface area contributed by atoms with Gasteiger partial charge in [0.05, 0.1) is 23.7 Å². The second-order valence-electron chi connectivity index (χ2n) is 7.90. The number of fused-ring (bicyclic) bond motifs is 2. The summed E-state index contributed by atoms with van der Waals surface area (Å²) in [7, 11) is -0.813. The largest absolute Gasteiger partial charge is 0.455 e. The minimum atomic E-state index is -0.813. The second-order valence-corrected chi connectivity index (χ2v) is 11.1. The molecular weight excluding hydrogens is 446 g/mol. The van der Waals surface area contributed by atoms with Gasteiger partial charge in [0.25, 0.3) is 0 Å². The first-order valence-corrected chi connectivity index (χ1v) is 12.9. The molecule has 0 amide bonds. The van der Waals surface area contributed by atoms with Gasteiger partial charge in [-0.2, -0.15) is 5.10 Å². The van der Waals surface area contributed by atoms with E-state index in [0.29, 0.717) is 23.2 Å². The van der Waals surface area contributed by atoms with Crippen LogP contribution in [0.5, 0.6) is 0 Å². The number of likely N-dealkylation sites (tertiary alicyclic amines) is 1. The molecule has 0 N–H and O–H groups in total. The van der Waals surface area contributed by atoms with Crippen molar-refractivity contribution in [1.82, 2.24) is 14.7 Å². The van der Waals surface area contributed by atoms with Crippen LogP contribution < -0.4 is 0 Å². The summed E-state index contributed by atoms with van der Waals surface area (Å²) in [6, 6.07) is 1.92. The number of carbonyl (C=O) groups is 1. The lowest BCUT2D eigenvalue weighted by molar-refractivity contribution is -0.166. The topological polar surface area (TPSA) is 73.7 Å². The lowest BCUT2D eigenvalue weighted by Gasteiger charge is -2.45. The van der Waals surface area contributed by atoms with Crippen molar-refractivity contribution in [3.05, 3.63) is 38.8 Å². The van der Waals surface area contributed by atoms with E-state index in [0.717, 1.165) is 48.5 Å². The van der Waals surface area contributed by atoms with Crippen molar-refractivity contribution in [2.75, 3.05) is 31.7 Å². The maximum atomic E-state index is 11.5. The Bertz CT molecular complexity index is 936. The van der Waals surface area contributed by atoms with E-state index in [4.69, 9.17) is 21.1 Å². The number of rotatable bonds is 6. The van der Waals surface area contributed by atoms with Crippen LogP contribution in [0, 0.1) is 0 Å². The monoisotopic (exact) mass is 471 g/mol. The SMILES string of the molecule is CC(=O)OC1COC2(CCN(Cc3cnn(CCS(C)=O)c3)CC2)c2sc(Cl)cc21. The van der Waals surface area contributed by atoms with E-state index in [-0.39, 0.29) is 17.7 Å². The molecule has 0 aromatic carbocycles. The number of ether oxygens (including phenoxy) is 2. The first-order chi connectivity index (χ1) is 14.3. The van der Waals surface area contributed by atoms with E-state index in [1.807, 2.05) is 23.1 Å². The molecule has 2 aliphatic rings. The van der Waals surface area contributed by atoms with Gasteiger partial charge in [-0.05, 0) is 18.9 Å². The lowest BCUT2D eigenvalue weighted by atomic mass is 9.84. The van der Waals surface area contributed by atoms with Gasteiger partial charge >= 0.3 is 5.97 Å². The van der Waals surface area contributed by atoms with Crippen LogP contribution in [0.4, 0.5) is 0 Å². The smallest absolute Gasteiger partial charge is 0.303 e. The van der Waals surface area contributed by atoms with Gasteiger partial charge in [0.2, 0.25) is 0 Å². The van der Waals surface area contributed by atoms with Crippen molar-refractivity contribution in [2.24, 2.45) is 0 Å². The Hall–Kier alpha value is -1.26. The molecule has 2 aromatic rings. The van der Waals surface area contributed by atoms with Crippen LogP contribution in [0.25, 0.3) is 0 Å². The number of hydrogen-bond donors (Lipinski definition) is 0. The Morgan fingerprint density at radius 3 is 2.93 bits per heavy atom. The van der Waals surface area contributed by atoms with E-state index in [2.05, 4.69) is 10.00 Å². The van der Waals surface area contributed by atoms with Crippen molar-refractivity contribution in [3.63, 3.8) is 0 Å². The van der Waals surface area contributed by atoms with Crippen LogP contribution >= 0.6 is 22.9 Å². The average molecular weight is 472 g/mol. The number of carbonyl (C=O) groups excluding carboxylic acids is 1. The van der Waals surface area contributed by atoms with Crippen LogP contribution in [-0.2, 0) is 43.8 Å². The molecule has 7 nitrogen and oxygen atoms in total. The summed E-state index contributed by atoms with van der Waals surface area (Å²) in [6.07, 6.45) is 6.99. The maximum absolute atomic E-state index is 11.5. The van der Waals surface area contributed by atoms with Crippen LogP contribution in [0.15, 0.2) is 18.5 Å². The van der Waals surface area contributed by atoms with Crippen molar-refractivity contribution >= 4 is 39.7 Å². The third-order valence-electron chi connectivity index (χ3n) is 5.68. The van der Waals surface area contributed by atoms with Gasteiger partial charge in [-0.25, -0.2) is 0 Å². The van der Waals surface area contributed by atoms with E-state index in [1.165, 1.54) is 18.3 Å². The third kappa shape index (κ3) is 4.80. The average Bonchev–Trinajstić information content (AvgIpc) is 3.31. The molecule has 164 valence electrons. The summed E-state index contributed by atoms with van der Waals surface area (Å²) in [5, 5.41) is 4.38. The number of aromatic nitrogens is 2. The fraction of sp³-hybridized carbons (Fsp3) is 0.600. The summed E-state index contributed by atoms with van der Waals surface area (Å²) >= 11 is 7.86. The Balaban J connectivity index is 1.40. The van der Waals surface area contributed by atoms with Gasteiger partial charge in [0.15, 0.2) is 6.10 Å². The number of piperidine rings is 1. The van der Waals surface area contributed by atoms with Crippen molar-refractivity contribution in [2.45, 2.75) is 44.6 Å². The number of thiophene rings is 1. The molecule has 1 fully saturated rings. The highest BCUT2D eigenvalue weighted by molar-refractivity contribution is 7.84. The van der Waals surface area contributed by atoms with Gasteiger partial charge in [0.1, 0.15) is 5.60 Å². The zero-order chi connectivity index (χ0) is 21.3. The highest BCUT2D eigenvalue weighted by atomic mass is 35.5. The summed E-state index contributed by atoms with van der Waals surface area (Å²) in [4.78, 5) is 15.0. The number of hydrogen-bond acceptors (Lipinski definition) is 7. The normalized spacial score (nSPS) is 22.0. The molecule has 2 aliphatic heterocycles. The summed E-state index contributed by atoms with van der Waals surface area (Å²) < 4.78 is 25.6. The van der Waals surface area contributed by atoms with E-state index in [9.17, 15) is 9.00 Å². The molecule has 0 saturated carbocycles. The summed E-state index contributed by atoms with van der Waals surface area (Å²) in [5.41, 5.74) is 1.80. The van der Waals surface area contributed by atoms with Gasteiger partial charge in [0, 0.05) is 71.6 Å².